The van der Waals surface area contributed by atoms with Gasteiger partial charge >= 0.3 is 6.03 Å². The maximum Gasteiger partial charge on any atom is 0.312 e. The van der Waals surface area contributed by atoms with Crippen molar-refractivity contribution in [1.29, 1.82) is 0 Å². The Balaban J connectivity index is 2.80. The fraction of sp³-hybridized carbons (Fsp3) is 0.500. The number of benzene rings is 1. The molecule has 31 heavy (non-hydrogen) atoms. The highest BCUT2D eigenvalue weighted by atomic mass is 16.5. The molecule has 0 radical (unpaired) electrons. The van der Waals surface area contributed by atoms with Crippen molar-refractivity contribution in [2.45, 2.75) is 45.4 Å². The minimum atomic E-state index is -0.794. The Bertz CT molecular complexity index is 757. The predicted octanol–water partition coefficient (Wildman–Crippen LogP) is 0.0721. The summed E-state index contributed by atoms with van der Waals surface area (Å²) in [6.07, 6.45) is 0.769. The van der Waals surface area contributed by atoms with Gasteiger partial charge in [-0.15, -0.1) is 0 Å². The average molecular weight is 433 g/mol. The Morgan fingerprint density at radius 1 is 1.10 bits per heavy atom. The number of carbonyl (C=O) groups is 4. The molecule has 1 unspecified atom stereocenters. The molecule has 0 aliphatic carbocycles. The van der Waals surface area contributed by atoms with Gasteiger partial charge in [-0.25, -0.2) is 4.79 Å². The molecule has 4 amide bonds. The molecule has 0 saturated heterocycles. The van der Waals surface area contributed by atoms with E-state index in [-0.39, 0.29) is 30.2 Å². The molecule has 0 aliphatic rings. The number of hydrogen-bond acceptors (Lipinski definition) is 6. The van der Waals surface area contributed by atoms with Gasteiger partial charge in [0.05, 0.1) is 6.04 Å². The van der Waals surface area contributed by atoms with E-state index in [2.05, 4.69) is 21.3 Å². The zero-order chi connectivity index (χ0) is 23.4. The van der Waals surface area contributed by atoms with Crippen molar-refractivity contribution in [3.05, 3.63) is 29.8 Å². The normalized spacial score (nSPS) is 12.5. The summed E-state index contributed by atoms with van der Waals surface area (Å²) in [6, 6.07) is 4.96. The van der Waals surface area contributed by atoms with Crippen LogP contribution in [0.1, 0.15) is 32.3 Å². The van der Waals surface area contributed by atoms with Crippen LogP contribution in [0.3, 0.4) is 0 Å². The average Bonchev–Trinajstić information content (AvgIpc) is 2.69. The van der Waals surface area contributed by atoms with Gasteiger partial charge in [0, 0.05) is 12.2 Å². The van der Waals surface area contributed by atoms with Gasteiger partial charge in [-0.1, -0.05) is 26.0 Å². The van der Waals surface area contributed by atoms with Gasteiger partial charge in [0.2, 0.25) is 25.5 Å². The topological polar surface area (TPSA) is 152 Å². The third kappa shape index (κ3) is 9.99. The second-order valence-corrected chi connectivity index (χ2v) is 7.47. The van der Waals surface area contributed by atoms with E-state index >= 15 is 0 Å². The molecule has 11 heteroatoms. The molecular formula is C20H32BN5O5. The van der Waals surface area contributed by atoms with Crippen molar-refractivity contribution in [3.8, 4) is 0 Å². The minimum Gasteiger partial charge on any atom is -0.469 e. The maximum absolute atomic E-state index is 12.8. The summed E-state index contributed by atoms with van der Waals surface area (Å²) in [4.78, 5) is 47.2. The summed E-state index contributed by atoms with van der Waals surface area (Å²) < 4.78 is 4.94. The zero-order valence-corrected chi connectivity index (χ0v) is 18.5. The molecule has 0 fully saturated rings. The minimum absolute atomic E-state index is 0.0370. The molecule has 0 heterocycles. The van der Waals surface area contributed by atoms with Gasteiger partial charge in [-0.3, -0.25) is 14.4 Å². The van der Waals surface area contributed by atoms with Crippen LogP contribution in [0.15, 0.2) is 24.3 Å². The van der Waals surface area contributed by atoms with Crippen LogP contribution < -0.4 is 27.0 Å². The lowest BCUT2D eigenvalue weighted by atomic mass is 10.0. The summed E-state index contributed by atoms with van der Waals surface area (Å²) >= 11 is 0. The first-order chi connectivity index (χ1) is 14.6. The fourth-order valence-corrected chi connectivity index (χ4v) is 2.91. The number of rotatable bonds is 12. The van der Waals surface area contributed by atoms with E-state index in [1.54, 1.807) is 31.3 Å². The van der Waals surface area contributed by atoms with Crippen molar-refractivity contribution in [1.82, 2.24) is 16.0 Å². The number of nitrogens with two attached hydrogens (primary N) is 1. The van der Waals surface area contributed by atoms with Crippen LogP contribution in [0, 0.1) is 5.92 Å². The Morgan fingerprint density at radius 2 is 1.74 bits per heavy atom. The molecule has 0 saturated carbocycles. The molecule has 6 N–H and O–H groups in total. The lowest BCUT2D eigenvalue weighted by Gasteiger charge is -2.24. The number of primary amides is 1. The Kier molecular flexibility index (Phi) is 11.1. The molecule has 1 aromatic carbocycles. The highest BCUT2D eigenvalue weighted by Gasteiger charge is 2.26. The third-order valence-corrected chi connectivity index (χ3v) is 4.53. The first-order valence-corrected chi connectivity index (χ1v) is 10.2. The van der Waals surface area contributed by atoms with Crippen molar-refractivity contribution >= 4 is 37.2 Å². The van der Waals surface area contributed by atoms with E-state index in [0.717, 1.165) is 5.56 Å². The Labute approximate surface area is 183 Å². The molecule has 0 aromatic heterocycles. The smallest absolute Gasteiger partial charge is 0.312 e. The Morgan fingerprint density at radius 3 is 2.26 bits per heavy atom. The first kappa shape index (κ1) is 26.0. The van der Waals surface area contributed by atoms with Crippen LogP contribution in [-0.4, -0.2) is 57.2 Å². The first-order valence-electron chi connectivity index (χ1n) is 10.2. The lowest BCUT2D eigenvalue weighted by Crippen LogP contribution is -2.52. The van der Waals surface area contributed by atoms with E-state index in [0.29, 0.717) is 25.1 Å². The van der Waals surface area contributed by atoms with Crippen LogP contribution in [0.5, 0.6) is 0 Å². The number of nitrogens with one attached hydrogen (secondary N) is 4. The summed E-state index contributed by atoms with van der Waals surface area (Å²) in [7, 11) is 3.02. The van der Waals surface area contributed by atoms with Crippen LogP contribution in [0.2, 0.25) is 0 Å². The van der Waals surface area contributed by atoms with Crippen molar-refractivity contribution < 1.29 is 23.9 Å². The van der Waals surface area contributed by atoms with Gasteiger partial charge in [-0.2, -0.15) is 0 Å². The molecule has 10 nitrogen and oxygen atoms in total. The van der Waals surface area contributed by atoms with E-state index in [9.17, 15) is 19.2 Å². The molecule has 0 spiro atoms. The number of amides is 4. The second kappa shape index (κ2) is 13.3. The van der Waals surface area contributed by atoms with Crippen LogP contribution in [0.4, 0.5) is 15.3 Å². The van der Waals surface area contributed by atoms with Crippen molar-refractivity contribution in [2.24, 2.45) is 11.7 Å². The van der Waals surface area contributed by atoms with E-state index in [4.69, 9.17) is 10.5 Å². The fourth-order valence-electron chi connectivity index (χ4n) is 2.91. The number of urea groups is 1. The second-order valence-electron chi connectivity index (χ2n) is 7.47. The maximum atomic E-state index is 12.8. The summed E-state index contributed by atoms with van der Waals surface area (Å²) in [5.41, 5.74) is 6.38. The summed E-state index contributed by atoms with van der Waals surface area (Å²) in [5, 5.41) is 11.0. The van der Waals surface area contributed by atoms with Crippen molar-refractivity contribution in [3.63, 3.8) is 0 Å². The van der Waals surface area contributed by atoms with E-state index < -0.39 is 18.1 Å². The quantitative estimate of drug-likeness (QED) is 0.232. The van der Waals surface area contributed by atoms with Gasteiger partial charge in [0.15, 0.2) is 0 Å². The van der Waals surface area contributed by atoms with E-state index in [1.165, 1.54) is 7.85 Å². The lowest BCUT2D eigenvalue weighted by molar-refractivity contribution is -0.128. The summed E-state index contributed by atoms with van der Waals surface area (Å²) in [5.74, 6) is -0.992. The van der Waals surface area contributed by atoms with Crippen molar-refractivity contribution in [2.75, 3.05) is 18.9 Å². The highest BCUT2D eigenvalue weighted by molar-refractivity contribution is 6.55. The number of anilines is 1. The van der Waals surface area contributed by atoms with Crippen LogP contribution in [-0.2, 0) is 20.9 Å². The molecule has 170 valence electrons. The zero-order valence-electron chi connectivity index (χ0n) is 18.5. The standard InChI is InChI=1S/C20H32BN5O5/c1-12(2)16(23-3)18(28)26-15(5-4-10-24-20(22)30)17(27)25-14-8-6-13(7-9-14)11-31-19(21)29/h6-9,12,15-16,23H,4-5,10-11,21H2,1-3H3,(H,25,27)(H,26,28)(H3,22,24,30)/t15-,16?/m0/s1. The Hall–Kier alpha value is -3.08. The molecule has 1 aromatic rings. The summed E-state index contributed by atoms with van der Waals surface area (Å²) in [6.45, 7) is 4.25. The van der Waals surface area contributed by atoms with Gasteiger partial charge in [0.1, 0.15) is 12.6 Å². The monoisotopic (exact) mass is 433 g/mol. The third-order valence-electron chi connectivity index (χ3n) is 4.53. The van der Waals surface area contributed by atoms with Crippen LogP contribution >= 0.6 is 0 Å². The number of carbonyl (C=O) groups excluding carboxylic acids is 4. The molecule has 0 aliphatic heterocycles. The molecule has 1 rings (SSSR count). The number of hydrogen-bond donors (Lipinski definition) is 5. The highest BCUT2D eigenvalue weighted by Crippen LogP contribution is 2.12. The molecule has 2 atom stereocenters. The van der Waals surface area contributed by atoms with E-state index in [1.807, 2.05) is 13.8 Å². The molecular weight excluding hydrogens is 401 g/mol. The van der Waals surface area contributed by atoms with Gasteiger partial charge in [-0.05, 0) is 43.5 Å². The molecule has 0 bridgehead atoms. The van der Waals surface area contributed by atoms with Crippen LogP contribution in [0.25, 0.3) is 0 Å². The number of ether oxygens (including phenoxy) is 1. The largest absolute Gasteiger partial charge is 0.469 e. The van der Waals surface area contributed by atoms with Gasteiger partial charge < -0.3 is 31.7 Å². The van der Waals surface area contributed by atoms with Gasteiger partial charge in [0.25, 0.3) is 0 Å². The SMILES string of the molecule is BC(=O)OCc1ccc(NC(=O)[C@H](CCCNC(N)=O)NC(=O)C(NC)C(C)C)cc1. The number of likely N-dealkylation sites (N-methyl/N-ethyl adjacent to an activating group) is 1. The predicted molar refractivity (Wildman–Crippen MR) is 120 cm³/mol.